The maximum absolute atomic E-state index is 13.7. The van der Waals surface area contributed by atoms with Crippen molar-refractivity contribution in [2.75, 3.05) is 0 Å². The number of terminal acetylenes is 1. The molecule has 1 aromatic heterocycles. The molecule has 0 fully saturated rings. The third-order valence-electron chi connectivity index (χ3n) is 3.70. The average Bonchev–Trinajstić information content (AvgIpc) is 2.56. The van der Waals surface area contributed by atoms with E-state index in [0.29, 0.717) is 34.3 Å². The number of fused-ring (bicyclic) bond motifs is 1. The van der Waals surface area contributed by atoms with Crippen LogP contribution < -0.4 is 0 Å². The fourth-order valence-electron chi connectivity index (χ4n) is 2.36. The highest BCUT2D eigenvalue weighted by molar-refractivity contribution is 5.77. The number of benzene rings is 2. The summed E-state index contributed by atoms with van der Waals surface area (Å²) in [5, 5.41) is 9.52. The van der Waals surface area contributed by atoms with Crippen molar-refractivity contribution in [1.82, 2.24) is 9.97 Å². The fraction of sp³-hybridized carbons (Fsp3) is 0.158. The van der Waals surface area contributed by atoms with Crippen molar-refractivity contribution < 1.29 is 9.50 Å². The minimum atomic E-state index is -0.810. The van der Waals surface area contributed by atoms with Gasteiger partial charge in [-0.3, -0.25) is 4.98 Å². The first-order valence-corrected chi connectivity index (χ1v) is 7.23. The van der Waals surface area contributed by atoms with Crippen LogP contribution in [0, 0.1) is 25.1 Å². The van der Waals surface area contributed by atoms with Crippen LogP contribution in [0.15, 0.2) is 42.6 Å². The lowest BCUT2D eigenvalue weighted by molar-refractivity contribution is 0.233. The van der Waals surface area contributed by atoms with Crippen molar-refractivity contribution in [3.8, 4) is 23.6 Å². The highest BCUT2D eigenvalue weighted by Crippen LogP contribution is 2.22. The van der Waals surface area contributed by atoms with Gasteiger partial charge in [-0.2, -0.15) is 0 Å². The number of aromatic nitrogens is 2. The zero-order chi connectivity index (χ0) is 16.4. The Balaban J connectivity index is 1.98. The molecule has 4 heteroatoms. The molecule has 0 saturated heterocycles. The number of aliphatic hydroxyl groups excluding tert-OH is 1. The van der Waals surface area contributed by atoms with Crippen molar-refractivity contribution in [1.29, 1.82) is 0 Å². The Bertz CT molecular complexity index is 915. The van der Waals surface area contributed by atoms with Gasteiger partial charge in [-0.15, -0.1) is 6.42 Å². The van der Waals surface area contributed by atoms with Gasteiger partial charge < -0.3 is 5.11 Å². The summed E-state index contributed by atoms with van der Waals surface area (Å²) < 4.78 is 13.7. The summed E-state index contributed by atoms with van der Waals surface area (Å²) in [4.78, 5) is 8.91. The third-order valence-corrected chi connectivity index (χ3v) is 3.70. The molecule has 2 aromatic carbocycles. The molecular weight excluding hydrogens is 291 g/mol. The second-order valence-corrected chi connectivity index (χ2v) is 5.43. The highest BCUT2D eigenvalue weighted by Gasteiger charge is 2.07. The first kappa shape index (κ1) is 15.1. The van der Waals surface area contributed by atoms with E-state index in [1.807, 2.05) is 24.3 Å². The van der Waals surface area contributed by atoms with Crippen molar-refractivity contribution in [3.63, 3.8) is 0 Å². The molecule has 0 bridgehead atoms. The zero-order valence-corrected chi connectivity index (χ0v) is 12.6. The van der Waals surface area contributed by atoms with Crippen LogP contribution in [0.3, 0.4) is 0 Å². The van der Waals surface area contributed by atoms with Gasteiger partial charge in [-0.05, 0) is 36.2 Å². The molecule has 0 aliphatic heterocycles. The van der Waals surface area contributed by atoms with Crippen molar-refractivity contribution >= 4 is 11.0 Å². The number of halogens is 1. The molecule has 0 radical (unpaired) electrons. The van der Waals surface area contributed by atoms with Crippen LogP contribution in [0.1, 0.15) is 11.1 Å². The predicted molar refractivity (Wildman–Crippen MR) is 88.2 cm³/mol. The van der Waals surface area contributed by atoms with E-state index in [4.69, 9.17) is 6.42 Å². The molecule has 1 heterocycles. The lowest BCUT2D eigenvalue weighted by Crippen LogP contribution is -2.06. The molecule has 1 N–H and O–H groups in total. The van der Waals surface area contributed by atoms with Crippen LogP contribution in [0.4, 0.5) is 4.39 Å². The molecule has 0 saturated carbocycles. The fourth-order valence-corrected chi connectivity index (χ4v) is 2.36. The smallest absolute Gasteiger partial charge is 0.126 e. The van der Waals surface area contributed by atoms with Crippen LogP contribution in [-0.2, 0) is 6.42 Å². The Morgan fingerprint density at radius 1 is 1.22 bits per heavy atom. The standard InChI is InChI=1S/C19H15FN2O/c1-3-15(23)8-13-5-7-17-18(9-13)21-11-19(22-17)14-6-4-12(2)16(20)10-14/h1,4-7,9-11,15,23H,8H2,2H3. The zero-order valence-electron chi connectivity index (χ0n) is 12.6. The number of aryl methyl sites for hydroxylation is 1. The van der Waals surface area contributed by atoms with Crippen molar-refractivity contribution in [2.45, 2.75) is 19.4 Å². The van der Waals surface area contributed by atoms with E-state index in [1.54, 1.807) is 19.2 Å². The number of aliphatic hydroxyl groups is 1. The van der Waals surface area contributed by atoms with E-state index in [2.05, 4.69) is 15.9 Å². The monoisotopic (exact) mass is 306 g/mol. The molecule has 114 valence electrons. The number of nitrogens with zero attached hydrogens (tertiary/aromatic N) is 2. The second-order valence-electron chi connectivity index (χ2n) is 5.43. The van der Waals surface area contributed by atoms with Gasteiger partial charge in [0, 0.05) is 12.0 Å². The topological polar surface area (TPSA) is 46.0 Å². The Kier molecular flexibility index (Phi) is 4.05. The molecule has 1 atom stereocenters. The summed E-state index contributed by atoms with van der Waals surface area (Å²) in [5.74, 6) is 2.02. The molecule has 23 heavy (non-hydrogen) atoms. The summed E-state index contributed by atoms with van der Waals surface area (Å²) in [6.07, 6.45) is 6.36. The molecule has 3 rings (SSSR count). The summed E-state index contributed by atoms with van der Waals surface area (Å²) >= 11 is 0. The van der Waals surface area contributed by atoms with Crippen LogP contribution in [-0.4, -0.2) is 21.2 Å². The SMILES string of the molecule is C#CC(O)Cc1ccc2nc(-c3ccc(C)c(F)c3)cnc2c1. The average molecular weight is 306 g/mol. The van der Waals surface area contributed by atoms with Gasteiger partial charge in [-0.25, -0.2) is 9.37 Å². The molecule has 0 aliphatic rings. The van der Waals surface area contributed by atoms with Gasteiger partial charge in [0.15, 0.2) is 0 Å². The van der Waals surface area contributed by atoms with E-state index < -0.39 is 6.10 Å². The van der Waals surface area contributed by atoms with E-state index in [-0.39, 0.29) is 5.82 Å². The minimum absolute atomic E-state index is 0.261. The normalized spacial score (nSPS) is 12.1. The lowest BCUT2D eigenvalue weighted by Gasteiger charge is -2.07. The quantitative estimate of drug-likeness (QED) is 0.755. The largest absolute Gasteiger partial charge is 0.380 e. The van der Waals surface area contributed by atoms with Crippen LogP contribution in [0.2, 0.25) is 0 Å². The van der Waals surface area contributed by atoms with E-state index >= 15 is 0 Å². The first-order chi connectivity index (χ1) is 11.1. The third kappa shape index (κ3) is 3.20. The number of hydrogen-bond donors (Lipinski definition) is 1. The molecule has 0 spiro atoms. The van der Waals surface area contributed by atoms with Gasteiger partial charge in [0.05, 0.1) is 22.9 Å². The van der Waals surface area contributed by atoms with Crippen LogP contribution in [0.25, 0.3) is 22.3 Å². The number of hydrogen-bond acceptors (Lipinski definition) is 3. The molecule has 0 amide bonds. The highest BCUT2D eigenvalue weighted by atomic mass is 19.1. The van der Waals surface area contributed by atoms with E-state index in [9.17, 15) is 9.50 Å². The van der Waals surface area contributed by atoms with Gasteiger partial charge in [0.1, 0.15) is 11.9 Å². The number of rotatable bonds is 3. The van der Waals surface area contributed by atoms with Crippen LogP contribution >= 0.6 is 0 Å². The minimum Gasteiger partial charge on any atom is -0.380 e. The summed E-state index contributed by atoms with van der Waals surface area (Å²) in [6.45, 7) is 1.72. The van der Waals surface area contributed by atoms with Gasteiger partial charge >= 0.3 is 0 Å². The molecule has 3 nitrogen and oxygen atoms in total. The summed E-state index contributed by atoms with van der Waals surface area (Å²) in [7, 11) is 0. The molecule has 1 unspecified atom stereocenters. The van der Waals surface area contributed by atoms with Gasteiger partial charge in [-0.1, -0.05) is 24.1 Å². The second kappa shape index (κ2) is 6.15. The Morgan fingerprint density at radius 2 is 2.04 bits per heavy atom. The Morgan fingerprint density at radius 3 is 2.78 bits per heavy atom. The first-order valence-electron chi connectivity index (χ1n) is 7.23. The van der Waals surface area contributed by atoms with Crippen molar-refractivity contribution in [3.05, 3.63) is 59.5 Å². The maximum Gasteiger partial charge on any atom is 0.126 e. The molecule has 3 aromatic rings. The summed E-state index contributed by atoms with van der Waals surface area (Å²) in [5.41, 5.74) is 4.22. The summed E-state index contributed by atoms with van der Waals surface area (Å²) in [6, 6.07) is 10.5. The van der Waals surface area contributed by atoms with E-state index in [1.165, 1.54) is 6.07 Å². The molecular formula is C19H15FN2O. The predicted octanol–water partition coefficient (Wildman–Crippen LogP) is 3.28. The maximum atomic E-state index is 13.7. The van der Waals surface area contributed by atoms with Gasteiger partial charge in [0.25, 0.3) is 0 Å². The van der Waals surface area contributed by atoms with Crippen LogP contribution in [0.5, 0.6) is 0 Å². The Labute approximate surface area is 133 Å². The lowest BCUT2D eigenvalue weighted by atomic mass is 10.1. The van der Waals surface area contributed by atoms with Crippen molar-refractivity contribution in [2.24, 2.45) is 0 Å². The van der Waals surface area contributed by atoms with Gasteiger partial charge in [0.2, 0.25) is 0 Å². The van der Waals surface area contributed by atoms with E-state index in [0.717, 1.165) is 5.56 Å². The Hall–Kier alpha value is -2.77. The molecule has 0 aliphatic carbocycles.